The van der Waals surface area contributed by atoms with Gasteiger partial charge in [0.1, 0.15) is 0 Å². The molecular formula is C11H18F3NO3S. The monoisotopic (exact) mass is 301 g/mol. The van der Waals surface area contributed by atoms with Crippen molar-refractivity contribution < 1.29 is 26.3 Å². The van der Waals surface area contributed by atoms with Crippen molar-refractivity contribution in [2.45, 2.75) is 44.4 Å². The van der Waals surface area contributed by atoms with Crippen molar-refractivity contribution in [1.82, 2.24) is 4.72 Å². The van der Waals surface area contributed by atoms with Gasteiger partial charge in [0.15, 0.2) is 0 Å². The lowest BCUT2D eigenvalue weighted by atomic mass is 9.75. The number of fused-ring (bicyclic) bond motifs is 2. The standard InChI is InChI=1S/C11H18F3NO3S/c1-6-7(2)10-8(5-9(6)18-10)3-4-15-19(16,17)11(12,13)14/h6-10,15H,3-5H2,1-2H3. The van der Waals surface area contributed by atoms with Crippen LogP contribution in [0.1, 0.15) is 26.7 Å². The van der Waals surface area contributed by atoms with E-state index in [1.807, 2.05) is 0 Å². The van der Waals surface area contributed by atoms with Crippen LogP contribution >= 0.6 is 0 Å². The first kappa shape index (κ1) is 15.1. The molecule has 2 rings (SSSR count). The highest BCUT2D eigenvalue weighted by Gasteiger charge is 2.50. The third-order valence-electron chi connectivity index (χ3n) is 4.38. The normalized spacial score (nSPS) is 38.9. The Balaban J connectivity index is 1.83. The van der Waals surface area contributed by atoms with Crippen LogP contribution in [-0.4, -0.2) is 32.7 Å². The molecule has 2 saturated heterocycles. The molecule has 1 N–H and O–H groups in total. The first-order valence-corrected chi connectivity index (χ1v) is 7.83. The van der Waals surface area contributed by atoms with E-state index in [0.717, 1.165) is 6.42 Å². The summed E-state index contributed by atoms with van der Waals surface area (Å²) in [7, 11) is -5.22. The van der Waals surface area contributed by atoms with Crippen molar-refractivity contribution in [1.29, 1.82) is 0 Å². The number of rotatable bonds is 4. The topological polar surface area (TPSA) is 55.4 Å². The molecule has 0 radical (unpaired) electrons. The largest absolute Gasteiger partial charge is 0.511 e. The summed E-state index contributed by atoms with van der Waals surface area (Å²) < 4.78 is 65.4. The highest BCUT2D eigenvalue weighted by atomic mass is 32.2. The molecule has 8 heteroatoms. The number of hydrogen-bond donors (Lipinski definition) is 1. The van der Waals surface area contributed by atoms with Crippen molar-refractivity contribution in [3.05, 3.63) is 0 Å². The number of ether oxygens (including phenoxy) is 1. The van der Waals surface area contributed by atoms with E-state index in [-0.39, 0.29) is 24.7 Å². The summed E-state index contributed by atoms with van der Waals surface area (Å²) in [6.07, 6.45) is 1.41. The van der Waals surface area contributed by atoms with Gasteiger partial charge in [-0.2, -0.15) is 13.2 Å². The second-order valence-electron chi connectivity index (χ2n) is 5.49. The Morgan fingerprint density at radius 1 is 1.26 bits per heavy atom. The Hall–Kier alpha value is -0.340. The lowest BCUT2D eigenvalue weighted by Gasteiger charge is -2.28. The van der Waals surface area contributed by atoms with Gasteiger partial charge in [-0.15, -0.1) is 0 Å². The fourth-order valence-electron chi connectivity index (χ4n) is 3.07. The van der Waals surface area contributed by atoms with E-state index in [2.05, 4.69) is 13.8 Å². The fourth-order valence-corrected chi connectivity index (χ4v) is 3.62. The van der Waals surface area contributed by atoms with Crippen LogP contribution in [0.4, 0.5) is 13.2 Å². The van der Waals surface area contributed by atoms with Crippen molar-refractivity contribution in [3.8, 4) is 0 Å². The lowest BCUT2D eigenvalue weighted by molar-refractivity contribution is -0.0448. The molecular weight excluding hydrogens is 283 g/mol. The fraction of sp³-hybridized carbons (Fsp3) is 1.00. The van der Waals surface area contributed by atoms with Gasteiger partial charge in [-0.25, -0.2) is 13.1 Å². The molecule has 2 fully saturated rings. The smallest absolute Gasteiger partial charge is 0.374 e. The van der Waals surface area contributed by atoms with Gasteiger partial charge in [0.25, 0.3) is 0 Å². The van der Waals surface area contributed by atoms with Crippen LogP contribution in [0.3, 0.4) is 0 Å². The van der Waals surface area contributed by atoms with Gasteiger partial charge in [-0.3, -0.25) is 0 Å². The molecule has 2 aliphatic rings. The maximum atomic E-state index is 12.1. The van der Waals surface area contributed by atoms with Crippen LogP contribution in [0.2, 0.25) is 0 Å². The molecule has 2 aliphatic heterocycles. The second-order valence-corrected chi connectivity index (χ2v) is 7.24. The minimum absolute atomic E-state index is 0.0513. The molecule has 5 unspecified atom stereocenters. The quantitative estimate of drug-likeness (QED) is 0.862. The van der Waals surface area contributed by atoms with Gasteiger partial charge in [-0.1, -0.05) is 13.8 Å². The van der Waals surface area contributed by atoms with E-state index in [0.29, 0.717) is 18.3 Å². The number of nitrogens with one attached hydrogen (secondary N) is 1. The molecule has 0 aromatic carbocycles. The van der Waals surface area contributed by atoms with E-state index >= 15 is 0 Å². The molecule has 0 spiro atoms. The van der Waals surface area contributed by atoms with Gasteiger partial charge in [0.2, 0.25) is 0 Å². The van der Waals surface area contributed by atoms with E-state index in [1.54, 1.807) is 4.72 Å². The molecule has 0 aliphatic carbocycles. The van der Waals surface area contributed by atoms with Crippen molar-refractivity contribution in [2.24, 2.45) is 17.8 Å². The third-order valence-corrected chi connectivity index (χ3v) is 5.57. The molecule has 5 atom stereocenters. The zero-order valence-corrected chi connectivity index (χ0v) is 11.6. The van der Waals surface area contributed by atoms with Crippen LogP contribution in [0.25, 0.3) is 0 Å². The van der Waals surface area contributed by atoms with Crippen molar-refractivity contribution in [3.63, 3.8) is 0 Å². The van der Waals surface area contributed by atoms with Gasteiger partial charge in [-0.05, 0) is 30.6 Å². The lowest BCUT2D eigenvalue weighted by Crippen LogP contribution is -2.38. The number of alkyl halides is 3. The van der Waals surface area contributed by atoms with Gasteiger partial charge in [0, 0.05) is 6.54 Å². The molecule has 112 valence electrons. The van der Waals surface area contributed by atoms with Gasteiger partial charge >= 0.3 is 15.5 Å². The zero-order valence-electron chi connectivity index (χ0n) is 10.8. The molecule has 4 nitrogen and oxygen atoms in total. The Morgan fingerprint density at radius 3 is 2.37 bits per heavy atom. The summed E-state index contributed by atoms with van der Waals surface area (Å²) in [5, 5.41) is 0. The Kier molecular flexibility index (Phi) is 3.88. The molecule has 0 aromatic heterocycles. The maximum Gasteiger partial charge on any atom is 0.511 e. The predicted molar refractivity (Wildman–Crippen MR) is 62.7 cm³/mol. The van der Waals surface area contributed by atoms with E-state index in [4.69, 9.17) is 4.74 Å². The van der Waals surface area contributed by atoms with E-state index in [1.165, 1.54) is 0 Å². The summed E-state index contributed by atoms with van der Waals surface area (Å²) in [6, 6.07) is 0. The van der Waals surface area contributed by atoms with Crippen LogP contribution < -0.4 is 4.72 Å². The highest BCUT2D eigenvalue weighted by Crippen LogP contribution is 2.47. The summed E-state index contributed by atoms with van der Waals surface area (Å²) in [5.74, 6) is 0.989. The molecule has 0 aromatic rings. The van der Waals surface area contributed by atoms with Crippen LogP contribution in [-0.2, 0) is 14.8 Å². The SMILES string of the molecule is CC1C2CC(CCNS(=O)(=O)C(F)(F)F)C(O2)C1C. The Labute approximate surface area is 110 Å². The molecule has 19 heavy (non-hydrogen) atoms. The Morgan fingerprint density at radius 2 is 1.89 bits per heavy atom. The van der Waals surface area contributed by atoms with Crippen LogP contribution in [0.5, 0.6) is 0 Å². The number of halogens is 3. The zero-order chi connectivity index (χ0) is 14.4. The maximum absolute atomic E-state index is 12.1. The minimum Gasteiger partial charge on any atom is -0.374 e. The average Bonchev–Trinajstić information content (AvgIpc) is 2.78. The highest BCUT2D eigenvalue weighted by molar-refractivity contribution is 7.90. The van der Waals surface area contributed by atoms with Crippen molar-refractivity contribution in [2.75, 3.05) is 6.54 Å². The molecule has 0 saturated carbocycles. The average molecular weight is 301 g/mol. The number of sulfonamides is 1. The summed E-state index contributed by atoms with van der Waals surface area (Å²) >= 11 is 0. The summed E-state index contributed by atoms with van der Waals surface area (Å²) in [4.78, 5) is 0. The Bertz CT molecular complexity index is 435. The molecule has 2 heterocycles. The number of hydrogen-bond acceptors (Lipinski definition) is 3. The molecule has 0 amide bonds. The van der Waals surface area contributed by atoms with Gasteiger partial charge in [0.05, 0.1) is 12.2 Å². The first-order chi connectivity index (χ1) is 8.63. The second kappa shape index (κ2) is 4.89. The van der Waals surface area contributed by atoms with Gasteiger partial charge < -0.3 is 4.74 Å². The summed E-state index contributed by atoms with van der Waals surface area (Å²) in [6.45, 7) is 3.99. The van der Waals surface area contributed by atoms with E-state index < -0.39 is 15.5 Å². The summed E-state index contributed by atoms with van der Waals surface area (Å²) in [5.41, 5.74) is -5.24. The predicted octanol–water partition coefficient (Wildman–Crippen LogP) is 1.88. The molecule has 2 bridgehead atoms. The third kappa shape index (κ3) is 2.75. The minimum atomic E-state index is -5.24. The van der Waals surface area contributed by atoms with Crippen LogP contribution in [0.15, 0.2) is 0 Å². The first-order valence-electron chi connectivity index (χ1n) is 6.35. The van der Waals surface area contributed by atoms with Crippen molar-refractivity contribution >= 4 is 10.0 Å². The van der Waals surface area contributed by atoms with E-state index in [9.17, 15) is 21.6 Å². The van der Waals surface area contributed by atoms with Crippen LogP contribution in [0, 0.1) is 17.8 Å².